The Morgan fingerprint density at radius 3 is 2.41 bits per heavy atom. The van der Waals surface area contributed by atoms with E-state index in [0.717, 1.165) is 15.7 Å². The van der Waals surface area contributed by atoms with Crippen LogP contribution in [0.2, 0.25) is 0 Å². The molecule has 1 spiro atoms. The third-order valence-corrected chi connectivity index (χ3v) is 8.08. The van der Waals surface area contributed by atoms with E-state index < -0.39 is 15.7 Å². The number of carbonyl (C=O) groups excluding carboxylic acids is 1. The molecule has 2 heterocycles. The van der Waals surface area contributed by atoms with Crippen LogP contribution in [0.25, 0.3) is 0 Å². The van der Waals surface area contributed by atoms with Gasteiger partial charge in [-0.05, 0) is 42.3 Å². The minimum atomic E-state index is -3.80. The molecule has 1 N–H and O–H groups in total. The predicted octanol–water partition coefficient (Wildman–Crippen LogP) is 4.48. The maximum atomic E-state index is 13.7. The first-order valence-corrected chi connectivity index (χ1v) is 12.5. The first kappa shape index (κ1) is 21.1. The van der Waals surface area contributed by atoms with Crippen LogP contribution in [0.5, 0.6) is 0 Å². The van der Waals surface area contributed by atoms with Crippen molar-refractivity contribution in [2.24, 2.45) is 11.0 Å². The van der Waals surface area contributed by atoms with Gasteiger partial charge in [-0.2, -0.15) is 9.82 Å². The Morgan fingerprint density at radius 2 is 1.69 bits per heavy atom. The van der Waals surface area contributed by atoms with Gasteiger partial charge in [0.2, 0.25) is 10.0 Å². The summed E-state index contributed by atoms with van der Waals surface area (Å²) in [4.78, 5) is 13.9. The molecule has 0 aromatic heterocycles. The van der Waals surface area contributed by atoms with Gasteiger partial charge in [0.05, 0.1) is 10.6 Å². The van der Waals surface area contributed by atoms with E-state index in [1.165, 1.54) is 5.01 Å². The summed E-state index contributed by atoms with van der Waals surface area (Å²) >= 11 is 3.45. The Bertz CT molecular complexity index is 1340. The third kappa shape index (κ3) is 3.21. The average molecular weight is 510 g/mol. The molecule has 2 atom stereocenters. The molecule has 0 saturated heterocycles. The number of benzene rings is 3. The molecule has 0 saturated carbocycles. The fraction of sp³-hybridized carbons (Fsp3) is 0.167. The Kier molecular flexibility index (Phi) is 5.03. The van der Waals surface area contributed by atoms with Gasteiger partial charge in [-0.15, -0.1) is 0 Å². The monoisotopic (exact) mass is 509 g/mol. The molecule has 0 radical (unpaired) electrons. The number of carbonyl (C=O) groups is 1. The lowest BCUT2D eigenvalue weighted by molar-refractivity contribution is 0.0168. The van der Waals surface area contributed by atoms with Crippen LogP contribution < -0.4 is 4.72 Å². The molecule has 162 valence electrons. The summed E-state index contributed by atoms with van der Waals surface area (Å²) in [6, 6.07) is 23.3. The molecular weight excluding hydrogens is 490 g/mol. The van der Waals surface area contributed by atoms with E-state index in [-0.39, 0.29) is 16.7 Å². The van der Waals surface area contributed by atoms with E-state index in [0.29, 0.717) is 17.5 Å². The lowest BCUT2D eigenvalue weighted by atomic mass is 9.81. The second-order valence-corrected chi connectivity index (χ2v) is 10.6. The van der Waals surface area contributed by atoms with E-state index in [2.05, 4.69) is 20.7 Å². The van der Waals surface area contributed by atoms with E-state index >= 15 is 0 Å². The van der Waals surface area contributed by atoms with Gasteiger partial charge in [0, 0.05) is 21.5 Å². The number of hydrazone groups is 1. The Hall–Kier alpha value is -2.81. The van der Waals surface area contributed by atoms with Crippen molar-refractivity contribution in [2.75, 3.05) is 0 Å². The van der Waals surface area contributed by atoms with Crippen molar-refractivity contribution >= 4 is 37.6 Å². The number of nitrogens with zero attached hydrogens (tertiary/aromatic N) is 2. The molecular formula is C24H20BrN3O3S. The lowest BCUT2D eigenvalue weighted by Crippen LogP contribution is -2.60. The highest BCUT2D eigenvalue weighted by molar-refractivity contribution is 9.10. The zero-order valence-electron chi connectivity index (χ0n) is 17.2. The highest BCUT2D eigenvalue weighted by Crippen LogP contribution is 2.47. The van der Waals surface area contributed by atoms with Crippen molar-refractivity contribution < 1.29 is 13.2 Å². The van der Waals surface area contributed by atoms with Crippen LogP contribution in [0, 0.1) is 5.92 Å². The molecule has 2 aliphatic rings. The summed E-state index contributed by atoms with van der Waals surface area (Å²) in [6.45, 7) is 1.95. The minimum Gasteiger partial charge on any atom is -0.267 e. The minimum absolute atomic E-state index is 0.181. The fourth-order valence-corrected chi connectivity index (χ4v) is 6.42. The number of sulfonamides is 1. The molecule has 6 nitrogen and oxygen atoms in total. The number of amides is 1. The van der Waals surface area contributed by atoms with Crippen LogP contribution in [0.4, 0.5) is 0 Å². The van der Waals surface area contributed by atoms with Crippen LogP contribution >= 0.6 is 15.9 Å². The second-order valence-electron chi connectivity index (χ2n) is 8.01. The van der Waals surface area contributed by atoms with Gasteiger partial charge in [-0.3, -0.25) is 4.79 Å². The summed E-state index contributed by atoms with van der Waals surface area (Å²) in [6.07, 6.45) is 0.497. The Balaban J connectivity index is 1.74. The summed E-state index contributed by atoms with van der Waals surface area (Å²) in [7, 11) is -3.80. The molecule has 3 aromatic rings. The highest BCUT2D eigenvalue weighted by atomic mass is 79.9. The molecule has 3 aromatic carbocycles. The fourth-order valence-electron chi connectivity index (χ4n) is 4.47. The number of halogens is 1. The quantitative estimate of drug-likeness (QED) is 0.552. The van der Waals surface area contributed by atoms with Gasteiger partial charge in [0.15, 0.2) is 5.66 Å². The van der Waals surface area contributed by atoms with Crippen LogP contribution in [0.15, 0.2) is 93.3 Å². The molecule has 0 unspecified atom stereocenters. The molecule has 2 aliphatic heterocycles. The zero-order chi connectivity index (χ0) is 22.5. The first-order chi connectivity index (χ1) is 15.3. The standard InChI is InChI=1S/C24H20BrN3O3S/c1-16-15-21(17-11-13-19(25)14-12-17)26-28(23(29)18-7-3-2-4-8-18)24(16)20-9-5-6-10-22(20)32(30,31)27-24/h2-14,16,27H,15H2,1H3/t16-,24-/m0/s1. The van der Waals surface area contributed by atoms with Crippen molar-refractivity contribution in [2.45, 2.75) is 23.9 Å². The molecule has 0 fully saturated rings. The maximum absolute atomic E-state index is 13.7. The summed E-state index contributed by atoms with van der Waals surface area (Å²) in [5.41, 5.74) is 1.28. The van der Waals surface area contributed by atoms with Crippen LogP contribution in [0.3, 0.4) is 0 Å². The van der Waals surface area contributed by atoms with Gasteiger partial charge in [0.25, 0.3) is 5.91 Å². The van der Waals surface area contributed by atoms with Crippen molar-refractivity contribution in [1.82, 2.24) is 9.73 Å². The van der Waals surface area contributed by atoms with Crippen molar-refractivity contribution in [1.29, 1.82) is 0 Å². The lowest BCUT2D eigenvalue weighted by Gasteiger charge is -2.45. The number of rotatable bonds is 2. The number of hydrogen-bond donors (Lipinski definition) is 1. The summed E-state index contributed by atoms with van der Waals surface area (Å²) in [5.74, 6) is -0.643. The largest absolute Gasteiger partial charge is 0.276 e. The molecule has 5 rings (SSSR count). The van der Waals surface area contributed by atoms with E-state index in [4.69, 9.17) is 5.10 Å². The predicted molar refractivity (Wildman–Crippen MR) is 126 cm³/mol. The van der Waals surface area contributed by atoms with Crippen molar-refractivity contribution in [3.05, 3.63) is 100 Å². The number of nitrogens with one attached hydrogen (secondary N) is 1. The molecule has 8 heteroatoms. The normalized spacial score (nSPS) is 23.6. The van der Waals surface area contributed by atoms with Crippen LogP contribution in [-0.2, 0) is 15.7 Å². The topological polar surface area (TPSA) is 78.8 Å². The van der Waals surface area contributed by atoms with Gasteiger partial charge in [-0.1, -0.05) is 71.4 Å². The smallest absolute Gasteiger partial charge is 0.267 e. The SMILES string of the molecule is C[C@H]1CC(c2ccc(Br)cc2)=NN(C(=O)c2ccccc2)[C@@]12NS(=O)(=O)c1ccccc12. The second kappa shape index (κ2) is 7.65. The van der Waals surface area contributed by atoms with Gasteiger partial charge < -0.3 is 0 Å². The van der Waals surface area contributed by atoms with Crippen LogP contribution in [-0.4, -0.2) is 25.0 Å². The van der Waals surface area contributed by atoms with Crippen molar-refractivity contribution in [3.8, 4) is 0 Å². The number of fused-ring (bicyclic) bond motifs is 2. The molecule has 1 amide bonds. The zero-order valence-corrected chi connectivity index (χ0v) is 19.6. The Morgan fingerprint density at radius 1 is 1.03 bits per heavy atom. The molecule has 0 aliphatic carbocycles. The summed E-state index contributed by atoms with van der Waals surface area (Å²) in [5, 5.41) is 6.10. The van der Waals surface area contributed by atoms with Gasteiger partial charge >= 0.3 is 0 Å². The maximum Gasteiger partial charge on any atom is 0.276 e. The third-order valence-electron chi connectivity index (χ3n) is 6.04. The molecule has 32 heavy (non-hydrogen) atoms. The average Bonchev–Trinajstić information content (AvgIpc) is 3.04. The van der Waals surface area contributed by atoms with Crippen LogP contribution in [0.1, 0.15) is 34.8 Å². The van der Waals surface area contributed by atoms with E-state index in [1.54, 1.807) is 48.5 Å². The highest BCUT2D eigenvalue weighted by Gasteiger charge is 2.57. The molecule has 0 bridgehead atoms. The van der Waals surface area contributed by atoms with Crippen molar-refractivity contribution in [3.63, 3.8) is 0 Å². The number of hydrogen-bond acceptors (Lipinski definition) is 4. The van der Waals surface area contributed by atoms with Gasteiger partial charge in [-0.25, -0.2) is 13.4 Å². The van der Waals surface area contributed by atoms with E-state index in [1.807, 2.05) is 37.3 Å². The van der Waals surface area contributed by atoms with Gasteiger partial charge in [0.1, 0.15) is 0 Å². The first-order valence-electron chi connectivity index (χ1n) is 10.2. The Labute approximate surface area is 195 Å². The summed E-state index contributed by atoms with van der Waals surface area (Å²) < 4.78 is 29.9. The van der Waals surface area contributed by atoms with E-state index in [9.17, 15) is 13.2 Å².